The molecule has 1 heterocycles. The molecule has 0 bridgehead atoms. The molecular formula is C17H25ClN2O. The van der Waals surface area contributed by atoms with Gasteiger partial charge in [0.05, 0.1) is 10.6 Å². The molecule has 1 atom stereocenters. The Labute approximate surface area is 132 Å². The second-order valence-corrected chi connectivity index (χ2v) is 7.43. The van der Waals surface area contributed by atoms with E-state index in [2.05, 4.69) is 20.8 Å². The third-order valence-electron chi connectivity index (χ3n) is 4.46. The lowest BCUT2D eigenvalue weighted by Gasteiger charge is -2.29. The van der Waals surface area contributed by atoms with Gasteiger partial charge in [0.1, 0.15) is 0 Å². The number of hydrogen-bond acceptors (Lipinski definition) is 2. The van der Waals surface area contributed by atoms with Gasteiger partial charge in [-0.05, 0) is 48.8 Å². The fourth-order valence-electron chi connectivity index (χ4n) is 3.04. The quantitative estimate of drug-likeness (QED) is 0.790. The van der Waals surface area contributed by atoms with Gasteiger partial charge in [-0.2, -0.15) is 0 Å². The number of likely N-dealkylation sites (tertiary alicyclic amines) is 1. The minimum atomic E-state index is 0.0227. The number of anilines is 1. The van der Waals surface area contributed by atoms with Crippen molar-refractivity contribution in [2.24, 2.45) is 11.3 Å². The van der Waals surface area contributed by atoms with E-state index >= 15 is 0 Å². The minimum absolute atomic E-state index is 0.0227. The molecule has 21 heavy (non-hydrogen) atoms. The van der Waals surface area contributed by atoms with Crippen LogP contribution in [-0.4, -0.2) is 23.9 Å². The molecule has 2 N–H and O–H groups in total. The van der Waals surface area contributed by atoms with Crippen molar-refractivity contribution < 1.29 is 4.79 Å². The summed E-state index contributed by atoms with van der Waals surface area (Å²) in [6, 6.07) is 5.10. The SMILES string of the molecule is CC(C)(C)C1CCCN(C(=O)c2ccc(N)cc2Cl)CC1. The van der Waals surface area contributed by atoms with Crippen molar-refractivity contribution in [3.8, 4) is 0 Å². The summed E-state index contributed by atoms with van der Waals surface area (Å²) in [5.41, 5.74) is 7.13. The number of carbonyl (C=O) groups excluding carboxylic acids is 1. The third kappa shape index (κ3) is 3.91. The first-order valence-electron chi connectivity index (χ1n) is 7.63. The zero-order valence-corrected chi connectivity index (χ0v) is 13.9. The van der Waals surface area contributed by atoms with Crippen molar-refractivity contribution in [1.29, 1.82) is 0 Å². The van der Waals surface area contributed by atoms with Crippen molar-refractivity contribution in [2.45, 2.75) is 40.0 Å². The highest BCUT2D eigenvalue weighted by Crippen LogP contribution is 2.34. The van der Waals surface area contributed by atoms with Gasteiger partial charge in [0.2, 0.25) is 0 Å². The summed E-state index contributed by atoms with van der Waals surface area (Å²) in [6.07, 6.45) is 3.30. The molecule has 0 radical (unpaired) electrons. The summed E-state index contributed by atoms with van der Waals surface area (Å²) in [6.45, 7) is 8.47. The van der Waals surface area contributed by atoms with Crippen molar-refractivity contribution in [3.63, 3.8) is 0 Å². The van der Waals surface area contributed by atoms with Crippen LogP contribution in [0.5, 0.6) is 0 Å². The Morgan fingerprint density at radius 3 is 2.62 bits per heavy atom. The van der Waals surface area contributed by atoms with E-state index < -0.39 is 0 Å². The van der Waals surface area contributed by atoms with Gasteiger partial charge in [-0.25, -0.2) is 0 Å². The lowest BCUT2D eigenvalue weighted by atomic mass is 9.77. The van der Waals surface area contributed by atoms with Gasteiger partial charge in [0, 0.05) is 18.8 Å². The van der Waals surface area contributed by atoms with E-state index in [4.69, 9.17) is 17.3 Å². The standard InChI is InChI=1S/C17H25ClN2O/c1-17(2,3)12-5-4-9-20(10-8-12)16(21)14-7-6-13(19)11-15(14)18/h6-7,11-12H,4-5,8-10,19H2,1-3H3. The molecular weight excluding hydrogens is 284 g/mol. The maximum Gasteiger partial charge on any atom is 0.255 e. The van der Waals surface area contributed by atoms with Crippen LogP contribution in [-0.2, 0) is 0 Å². The van der Waals surface area contributed by atoms with Crippen LogP contribution in [0.4, 0.5) is 5.69 Å². The number of nitrogens with two attached hydrogens (primary N) is 1. The topological polar surface area (TPSA) is 46.3 Å². The van der Waals surface area contributed by atoms with E-state index in [0.29, 0.717) is 27.6 Å². The van der Waals surface area contributed by atoms with Crippen molar-refractivity contribution in [3.05, 3.63) is 28.8 Å². The highest BCUT2D eigenvalue weighted by molar-refractivity contribution is 6.34. The molecule has 1 amide bonds. The molecule has 3 nitrogen and oxygen atoms in total. The second kappa shape index (κ2) is 6.27. The zero-order valence-electron chi connectivity index (χ0n) is 13.2. The Balaban J connectivity index is 2.10. The van der Waals surface area contributed by atoms with Crippen LogP contribution < -0.4 is 5.73 Å². The average molecular weight is 309 g/mol. The fourth-order valence-corrected chi connectivity index (χ4v) is 3.31. The summed E-state index contributed by atoms with van der Waals surface area (Å²) in [5.74, 6) is 0.687. The number of nitrogens with zero attached hydrogens (tertiary/aromatic N) is 1. The van der Waals surface area contributed by atoms with Gasteiger partial charge in [0.15, 0.2) is 0 Å². The molecule has 2 rings (SSSR count). The number of benzene rings is 1. The number of hydrogen-bond donors (Lipinski definition) is 1. The normalized spacial score (nSPS) is 20.2. The summed E-state index contributed by atoms with van der Waals surface area (Å²) in [7, 11) is 0. The van der Waals surface area contributed by atoms with E-state index in [1.54, 1.807) is 18.2 Å². The number of amides is 1. The molecule has 1 unspecified atom stereocenters. The molecule has 0 spiro atoms. The van der Waals surface area contributed by atoms with Crippen LogP contribution in [0.25, 0.3) is 0 Å². The van der Waals surface area contributed by atoms with Gasteiger partial charge in [-0.1, -0.05) is 32.4 Å². The third-order valence-corrected chi connectivity index (χ3v) is 4.78. The fraction of sp³-hybridized carbons (Fsp3) is 0.588. The molecule has 1 aromatic carbocycles. The van der Waals surface area contributed by atoms with Crippen LogP contribution in [0.2, 0.25) is 5.02 Å². The second-order valence-electron chi connectivity index (χ2n) is 7.03. The first-order chi connectivity index (χ1) is 9.79. The Bertz CT molecular complexity index is 522. The highest BCUT2D eigenvalue weighted by Gasteiger charge is 2.29. The summed E-state index contributed by atoms with van der Waals surface area (Å²) in [4.78, 5) is 14.6. The van der Waals surface area contributed by atoms with E-state index in [0.717, 1.165) is 25.9 Å². The van der Waals surface area contributed by atoms with Crippen molar-refractivity contribution in [2.75, 3.05) is 18.8 Å². The van der Waals surface area contributed by atoms with E-state index in [9.17, 15) is 4.79 Å². The van der Waals surface area contributed by atoms with Gasteiger partial charge in [-0.3, -0.25) is 4.79 Å². The maximum atomic E-state index is 12.6. The van der Waals surface area contributed by atoms with Crippen LogP contribution in [0.3, 0.4) is 0 Å². The summed E-state index contributed by atoms with van der Waals surface area (Å²) < 4.78 is 0. The van der Waals surface area contributed by atoms with Gasteiger partial charge < -0.3 is 10.6 Å². The van der Waals surface area contributed by atoms with Crippen LogP contribution in [0.15, 0.2) is 18.2 Å². The van der Waals surface area contributed by atoms with Gasteiger partial charge in [-0.15, -0.1) is 0 Å². The molecule has 1 fully saturated rings. The summed E-state index contributed by atoms with van der Waals surface area (Å²) in [5, 5.41) is 0.441. The summed E-state index contributed by atoms with van der Waals surface area (Å²) >= 11 is 6.16. The number of rotatable bonds is 1. The molecule has 0 aromatic heterocycles. The average Bonchev–Trinajstić information content (AvgIpc) is 2.63. The molecule has 116 valence electrons. The maximum absolute atomic E-state index is 12.6. The zero-order chi connectivity index (χ0) is 15.6. The monoisotopic (exact) mass is 308 g/mol. The van der Waals surface area contributed by atoms with Crippen molar-refractivity contribution in [1.82, 2.24) is 4.90 Å². The smallest absolute Gasteiger partial charge is 0.255 e. The Kier molecular flexibility index (Phi) is 4.82. The number of carbonyl (C=O) groups is 1. The van der Waals surface area contributed by atoms with Crippen LogP contribution in [0, 0.1) is 11.3 Å². The molecule has 1 aromatic rings. The van der Waals surface area contributed by atoms with Gasteiger partial charge >= 0.3 is 0 Å². The molecule has 0 aliphatic carbocycles. The van der Waals surface area contributed by atoms with Crippen LogP contribution >= 0.6 is 11.6 Å². The number of nitrogen functional groups attached to an aromatic ring is 1. The molecule has 1 aliphatic heterocycles. The van der Waals surface area contributed by atoms with Crippen molar-refractivity contribution >= 4 is 23.2 Å². The molecule has 1 saturated heterocycles. The highest BCUT2D eigenvalue weighted by atomic mass is 35.5. The lowest BCUT2D eigenvalue weighted by molar-refractivity contribution is 0.0756. The molecule has 0 saturated carbocycles. The number of halogens is 1. The lowest BCUT2D eigenvalue weighted by Crippen LogP contribution is -2.32. The molecule has 1 aliphatic rings. The Hall–Kier alpha value is -1.22. The predicted molar refractivity (Wildman–Crippen MR) is 88.6 cm³/mol. The Morgan fingerprint density at radius 2 is 2.00 bits per heavy atom. The predicted octanol–water partition coefficient (Wildman–Crippen LogP) is 4.21. The van der Waals surface area contributed by atoms with Crippen LogP contribution in [0.1, 0.15) is 50.4 Å². The molecule has 4 heteroatoms. The van der Waals surface area contributed by atoms with E-state index in [-0.39, 0.29) is 5.91 Å². The Morgan fingerprint density at radius 1 is 1.29 bits per heavy atom. The minimum Gasteiger partial charge on any atom is -0.399 e. The largest absolute Gasteiger partial charge is 0.399 e. The van der Waals surface area contributed by atoms with E-state index in [1.807, 2.05) is 4.90 Å². The van der Waals surface area contributed by atoms with Gasteiger partial charge in [0.25, 0.3) is 5.91 Å². The first kappa shape index (κ1) is 16.2. The first-order valence-corrected chi connectivity index (χ1v) is 8.01. The van der Waals surface area contributed by atoms with E-state index in [1.165, 1.54) is 6.42 Å².